The van der Waals surface area contributed by atoms with Crippen LogP contribution in [0.4, 0.5) is 0 Å². The second kappa shape index (κ2) is 2.60. The molecule has 0 heterocycles. The Bertz CT molecular complexity index is 199. The lowest BCUT2D eigenvalue weighted by molar-refractivity contribution is 0.748. The van der Waals surface area contributed by atoms with Crippen molar-refractivity contribution in [3.8, 4) is 0 Å². The number of alkyl halides is 1. The molecule has 1 aliphatic rings. The van der Waals surface area contributed by atoms with Crippen LogP contribution in [-0.2, 0) is 0 Å². The lowest BCUT2D eigenvalue weighted by Crippen LogP contribution is -2.15. The van der Waals surface area contributed by atoms with Crippen LogP contribution in [0.15, 0.2) is 22.8 Å². The predicted molar refractivity (Wildman–Crippen MR) is 46.6 cm³/mol. The maximum atomic E-state index is 6.06. The fraction of sp³-hybridized carbons (Fsp3) is 0.500. The summed E-state index contributed by atoms with van der Waals surface area (Å²) in [4.78, 5) is -0.268. The Kier molecular flexibility index (Phi) is 2.12. The molecule has 0 saturated heterocycles. The highest BCUT2D eigenvalue weighted by Gasteiger charge is 2.21. The molecular weight excluding hydrogens is 167 g/mol. The van der Waals surface area contributed by atoms with Crippen LogP contribution < -0.4 is 0 Å². The van der Waals surface area contributed by atoms with Gasteiger partial charge in [-0.15, -0.1) is 11.6 Å². The van der Waals surface area contributed by atoms with Crippen molar-refractivity contribution < 1.29 is 0 Å². The first kappa shape index (κ1) is 8.16. The quantitative estimate of drug-likeness (QED) is 0.497. The average molecular weight is 177 g/mol. The fourth-order valence-corrected chi connectivity index (χ4v) is 2.02. The molecule has 0 saturated carbocycles. The molecule has 1 atom stereocenters. The first-order valence-electron chi connectivity index (χ1n) is 3.24. The second-order valence-electron chi connectivity index (χ2n) is 2.97. The monoisotopic (exact) mass is 176 g/mol. The molecule has 0 radical (unpaired) electrons. The number of allylic oxidation sites excluding steroid dienone is 4. The van der Waals surface area contributed by atoms with Crippen molar-refractivity contribution in [1.29, 1.82) is 0 Å². The van der Waals surface area contributed by atoms with Gasteiger partial charge in [0.25, 0.3) is 0 Å². The highest BCUT2D eigenvalue weighted by molar-refractivity contribution is 6.33. The maximum Gasteiger partial charge on any atom is 0.0652 e. The average Bonchev–Trinajstić information content (AvgIpc) is 1.54. The molecule has 0 aromatic heterocycles. The maximum absolute atomic E-state index is 6.06. The van der Waals surface area contributed by atoms with E-state index in [1.807, 2.05) is 26.0 Å². The van der Waals surface area contributed by atoms with Gasteiger partial charge < -0.3 is 0 Å². The van der Waals surface area contributed by atoms with Crippen molar-refractivity contribution in [2.45, 2.75) is 25.1 Å². The molecule has 1 rings (SSSR count). The van der Waals surface area contributed by atoms with Crippen molar-refractivity contribution in [2.24, 2.45) is 0 Å². The molecule has 10 heavy (non-hydrogen) atoms. The van der Waals surface area contributed by atoms with Gasteiger partial charge in [-0.2, -0.15) is 0 Å². The van der Waals surface area contributed by atoms with Gasteiger partial charge in [-0.3, -0.25) is 0 Å². The van der Waals surface area contributed by atoms with Crippen LogP contribution in [0.1, 0.15) is 20.3 Å². The van der Waals surface area contributed by atoms with Gasteiger partial charge in [-0.1, -0.05) is 17.2 Å². The minimum absolute atomic E-state index is 0.268. The number of hydrogen-bond donors (Lipinski definition) is 0. The van der Waals surface area contributed by atoms with Crippen LogP contribution in [0.3, 0.4) is 0 Å². The molecular formula is C8H10Cl2. The SMILES string of the molecule is CC1=CC(Cl)=CC(C)(Cl)C1. The van der Waals surface area contributed by atoms with Gasteiger partial charge >= 0.3 is 0 Å². The largest absolute Gasteiger partial charge is 0.115 e. The van der Waals surface area contributed by atoms with E-state index in [0.717, 1.165) is 11.5 Å². The summed E-state index contributed by atoms with van der Waals surface area (Å²) in [6, 6.07) is 0. The van der Waals surface area contributed by atoms with E-state index in [-0.39, 0.29) is 4.87 Å². The van der Waals surface area contributed by atoms with Gasteiger partial charge in [0.1, 0.15) is 0 Å². The molecule has 2 heteroatoms. The fourth-order valence-electron chi connectivity index (χ4n) is 1.21. The highest BCUT2D eigenvalue weighted by Crippen LogP contribution is 2.32. The Morgan fingerprint density at radius 3 is 2.60 bits per heavy atom. The van der Waals surface area contributed by atoms with Crippen LogP contribution in [0.2, 0.25) is 0 Å². The van der Waals surface area contributed by atoms with Crippen molar-refractivity contribution in [3.05, 3.63) is 22.8 Å². The molecule has 0 aromatic carbocycles. The Labute approximate surface area is 71.5 Å². The molecule has 0 amide bonds. The summed E-state index contributed by atoms with van der Waals surface area (Å²) in [5.41, 5.74) is 1.24. The molecule has 1 aliphatic carbocycles. The Morgan fingerprint density at radius 2 is 2.20 bits per heavy atom. The van der Waals surface area contributed by atoms with Crippen LogP contribution in [0.5, 0.6) is 0 Å². The van der Waals surface area contributed by atoms with E-state index in [2.05, 4.69) is 0 Å². The molecule has 0 bridgehead atoms. The molecule has 0 aromatic rings. The zero-order valence-corrected chi connectivity index (χ0v) is 7.63. The van der Waals surface area contributed by atoms with Gasteiger partial charge in [0, 0.05) is 5.03 Å². The summed E-state index contributed by atoms with van der Waals surface area (Å²) < 4.78 is 0. The van der Waals surface area contributed by atoms with Crippen LogP contribution in [0, 0.1) is 0 Å². The van der Waals surface area contributed by atoms with E-state index >= 15 is 0 Å². The first-order valence-corrected chi connectivity index (χ1v) is 4.00. The molecule has 1 unspecified atom stereocenters. The molecule has 0 fully saturated rings. The summed E-state index contributed by atoms with van der Waals surface area (Å²) >= 11 is 11.9. The van der Waals surface area contributed by atoms with E-state index in [4.69, 9.17) is 23.2 Å². The van der Waals surface area contributed by atoms with Crippen molar-refractivity contribution >= 4 is 23.2 Å². The highest BCUT2D eigenvalue weighted by atomic mass is 35.5. The molecule has 0 nitrogen and oxygen atoms in total. The van der Waals surface area contributed by atoms with E-state index < -0.39 is 0 Å². The van der Waals surface area contributed by atoms with Gasteiger partial charge in [0.15, 0.2) is 0 Å². The third-order valence-electron chi connectivity index (χ3n) is 1.45. The van der Waals surface area contributed by atoms with Crippen LogP contribution in [-0.4, -0.2) is 4.87 Å². The number of halogens is 2. The summed E-state index contributed by atoms with van der Waals surface area (Å²) in [5, 5.41) is 0.751. The van der Waals surface area contributed by atoms with Crippen LogP contribution in [0.25, 0.3) is 0 Å². The summed E-state index contributed by atoms with van der Waals surface area (Å²) in [7, 11) is 0. The van der Waals surface area contributed by atoms with Gasteiger partial charge in [0.2, 0.25) is 0 Å². The lowest BCUT2D eigenvalue weighted by atomic mass is 9.96. The molecule has 0 N–H and O–H groups in total. The number of hydrogen-bond acceptors (Lipinski definition) is 0. The van der Waals surface area contributed by atoms with Gasteiger partial charge in [-0.25, -0.2) is 0 Å². The zero-order valence-electron chi connectivity index (χ0n) is 6.12. The summed E-state index contributed by atoms with van der Waals surface area (Å²) in [6.07, 6.45) is 4.72. The Hall–Kier alpha value is 0.0600. The minimum Gasteiger partial charge on any atom is -0.115 e. The lowest BCUT2D eigenvalue weighted by Gasteiger charge is -2.21. The summed E-state index contributed by atoms with van der Waals surface area (Å²) in [5.74, 6) is 0. The first-order chi connectivity index (χ1) is 4.49. The smallest absolute Gasteiger partial charge is 0.0652 e. The van der Waals surface area contributed by atoms with Crippen molar-refractivity contribution in [1.82, 2.24) is 0 Å². The van der Waals surface area contributed by atoms with Crippen molar-refractivity contribution in [2.75, 3.05) is 0 Å². The Balaban J connectivity index is 2.88. The van der Waals surface area contributed by atoms with E-state index in [9.17, 15) is 0 Å². The second-order valence-corrected chi connectivity index (χ2v) is 4.27. The number of rotatable bonds is 0. The van der Waals surface area contributed by atoms with Gasteiger partial charge in [-0.05, 0) is 32.4 Å². The molecule has 56 valence electrons. The standard InChI is InChI=1S/C8H10Cl2/c1-6-3-7(9)5-8(2,10)4-6/h3,5H,4H2,1-2H3. The third-order valence-corrected chi connectivity index (χ3v) is 1.91. The van der Waals surface area contributed by atoms with Crippen LogP contribution >= 0.6 is 23.2 Å². The normalized spacial score (nSPS) is 33.2. The Morgan fingerprint density at radius 1 is 1.60 bits per heavy atom. The third kappa shape index (κ3) is 2.03. The van der Waals surface area contributed by atoms with E-state index in [1.54, 1.807) is 0 Å². The molecule has 0 aliphatic heterocycles. The van der Waals surface area contributed by atoms with E-state index in [0.29, 0.717) is 0 Å². The molecule has 0 spiro atoms. The van der Waals surface area contributed by atoms with E-state index in [1.165, 1.54) is 5.57 Å². The topological polar surface area (TPSA) is 0 Å². The zero-order chi connectivity index (χ0) is 7.78. The summed E-state index contributed by atoms with van der Waals surface area (Å²) in [6.45, 7) is 4.00. The van der Waals surface area contributed by atoms with Crippen molar-refractivity contribution in [3.63, 3.8) is 0 Å². The van der Waals surface area contributed by atoms with Gasteiger partial charge in [0.05, 0.1) is 4.87 Å². The minimum atomic E-state index is -0.268. The predicted octanol–water partition coefficient (Wildman–Crippen LogP) is 3.46.